The number of aryl methyl sites for hydroxylation is 1. The number of para-hydroxylation sites is 1. The number of hydrogen-bond donors (Lipinski definition) is 0. The zero-order valence-corrected chi connectivity index (χ0v) is 17.9. The van der Waals surface area contributed by atoms with Gasteiger partial charge in [0.25, 0.3) is 11.8 Å². The van der Waals surface area contributed by atoms with Gasteiger partial charge in [-0.25, -0.2) is 4.39 Å². The van der Waals surface area contributed by atoms with Crippen molar-refractivity contribution in [1.29, 1.82) is 0 Å². The molecule has 3 aromatic rings. The number of halogens is 1. The van der Waals surface area contributed by atoms with Gasteiger partial charge in [0, 0.05) is 17.9 Å². The zero-order chi connectivity index (χ0) is 21.6. The van der Waals surface area contributed by atoms with Crippen molar-refractivity contribution >= 4 is 29.3 Å². The second-order valence-corrected chi connectivity index (χ2v) is 9.11. The maximum atomic E-state index is 14.4. The third-order valence-electron chi connectivity index (χ3n) is 5.87. The topological polar surface area (TPSA) is 40.6 Å². The van der Waals surface area contributed by atoms with Gasteiger partial charge in [-0.2, -0.15) is 0 Å². The molecule has 0 aromatic heterocycles. The highest BCUT2D eigenvalue weighted by molar-refractivity contribution is 8.01. The van der Waals surface area contributed by atoms with Crippen molar-refractivity contribution in [2.24, 2.45) is 0 Å². The molecular weight excluding hydrogens is 411 g/mol. The monoisotopic (exact) mass is 432 g/mol. The molecule has 2 aliphatic rings. The Kier molecular flexibility index (Phi) is 4.82. The fourth-order valence-corrected chi connectivity index (χ4v) is 5.96. The van der Waals surface area contributed by atoms with Crippen LogP contribution in [0.4, 0.5) is 10.1 Å². The van der Waals surface area contributed by atoms with Gasteiger partial charge < -0.3 is 9.80 Å². The summed E-state index contributed by atoms with van der Waals surface area (Å²) in [7, 11) is 0. The quantitative estimate of drug-likeness (QED) is 0.601. The van der Waals surface area contributed by atoms with E-state index in [2.05, 4.69) is 6.07 Å². The summed E-state index contributed by atoms with van der Waals surface area (Å²) in [5.41, 5.74) is 3.73. The molecule has 1 spiro atoms. The van der Waals surface area contributed by atoms with Crippen LogP contribution in [0.5, 0.6) is 0 Å². The highest BCUT2D eigenvalue weighted by Gasteiger charge is 2.59. The van der Waals surface area contributed by atoms with E-state index in [9.17, 15) is 14.0 Å². The average molecular weight is 433 g/mol. The first kappa shape index (κ1) is 19.8. The van der Waals surface area contributed by atoms with Gasteiger partial charge in [0.05, 0.1) is 17.8 Å². The molecule has 5 rings (SSSR count). The lowest BCUT2D eigenvalue weighted by Crippen LogP contribution is -2.50. The van der Waals surface area contributed by atoms with E-state index >= 15 is 0 Å². The molecular formula is C25H21FN2O2S. The van der Waals surface area contributed by atoms with Crippen LogP contribution in [0.3, 0.4) is 0 Å². The normalized spacial score (nSPS) is 19.9. The number of carbonyl (C=O) groups excluding carboxylic acids is 2. The lowest BCUT2D eigenvalue weighted by Gasteiger charge is -2.33. The van der Waals surface area contributed by atoms with Crippen LogP contribution in [0.1, 0.15) is 27.0 Å². The molecule has 4 nitrogen and oxygen atoms in total. The smallest absolute Gasteiger partial charge is 0.268 e. The standard InChI is InChI=1S/C25H21FN2O2S/c1-17-7-6-8-18(15-17)16-27-22-12-5-3-10-20(22)25(24(27)30)28(13-14-31-25)23(29)19-9-2-4-11-21(19)26/h2-12,15H,13-14,16H2,1H3. The van der Waals surface area contributed by atoms with Gasteiger partial charge in [0.1, 0.15) is 5.82 Å². The SMILES string of the molecule is Cc1cccc(CN2C(=O)C3(SCCN3C(=O)c3ccccc3F)c3ccccc32)c1. The van der Waals surface area contributed by atoms with Crippen LogP contribution in [0.15, 0.2) is 72.8 Å². The molecule has 1 atom stereocenters. The number of rotatable bonds is 3. The molecule has 2 aliphatic heterocycles. The van der Waals surface area contributed by atoms with Crippen LogP contribution in [0, 0.1) is 12.7 Å². The first-order valence-corrected chi connectivity index (χ1v) is 11.2. The van der Waals surface area contributed by atoms with Crippen LogP contribution >= 0.6 is 11.8 Å². The highest BCUT2D eigenvalue weighted by atomic mass is 32.2. The summed E-state index contributed by atoms with van der Waals surface area (Å²) in [6.45, 7) is 2.82. The summed E-state index contributed by atoms with van der Waals surface area (Å²) in [4.78, 5) is 29.5. The molecule has 31 heavy (non-hydrogen) atoms. The van der Waals surface area contributed by atoms with Gasteiger partial charge in [0.15, 0.2) is 4.87 Å². The van der Waals surface area contributed by atoms with Gasteiger partial charge in [-0.05, 0) is 30.7 Å². The zero-order valence-electron chi connectivity index (χ0n) is 17.0. The van der Waals surface area contributed by atoms with Gasteiger partial charge in [-0.1, -0.05) is 60.2 Å². The van der Waals surface area contributed by atoms with Crippen molar-refractivity contribution in [3.63, 3.8) is 0 Å². The van der Waals surface area contributed by atoms with E-state index in [0.717, 1.165) is 22.4 Å². The summed E-state index contributed by atoms with van der Waals surface area (Å²) in [6.07, 6.45) is 0. The molecule has 6 heteroatoms. The summed E-state index contributed by atoms with van der Waals surface area (Å²) in [5.74, 6) is -0.570. The Morgan fingerprint density at radius 1 is 1.06 bits per heavy atom. The molecule has 2 amide bonds. The number of hydrogen-bond acceptors (Lipinski definition) is 3. The van der Waals surface area contributed by atoms with Gasteiger partial charge in [0.2, 0.25) is 0 Å². The van der Waals surface area contributed by atoms with Gasteiger partial charge in [-0.15, -0.1) is 11.8 Å². The Bertz CT molecular complexity index is 1200. The Morgan fingerprint density at radius 3 is 2.65 bits per heavy atom. The van der Waals surface area contributed by atoms with Crippen molar-refractivity contribution in [3.8, 4) is 0 Å². The summed E-state index contributed by atoms with van der Waals surface area (Å²) in [5, 5.41) is 0. The Labute approximate surface area is 184 Å². The Morgan fingerprint density at radius 2 is 1.84 bits per heavy atom. The number of thioether (sulfide) groups is 1. The molecule has 0 saturated carbocycles. The van der Waals surface area contributed by atoms with E-state index in [1.54, 1.807) is 21.9 Å². The number of amides is 2. The van der Waals surface area contributed by atoms with E-state index in [0.29, 0.717) is 18.8 Å². The predicted octanol–water partition coefficient (Wildman–Crippen LogP) is 4.72. The van der Waals surface area contributed by atoms with E-state index in [1.165, 1.54) is 23.9 Å². The Hall–Kier alpha value is -3.12. The van der Waals surface area contributed by atoms with Crippen LogP contribution in [0.25, 0.3) is 0 Å². The molecule has 1 saturated heterocycles. The highest BCUT2D eigenvalue weighted by Crippen LogP contribution is 2.54. The third-order valence-corrected chi connectivity index (χ3v) is 7.29. The minimum absolute atomic E-state index is 0.00760. The van der Waals surface area contributed by atoms with Crippen molar-refractivity contribution in [2.75, 3.05) is 17.2 Å². The van der Waals surface area contributed by atoms with E-state index < -0.39 is 16.6 Å². The van der Waals surface area contributed by atoms with Crippen molar-refractivity contribution in [1.82, 2.24) is 4.90 Å². The third kappa shape index (κ3) is 3.05. The molecule has 3 aromatic carbocycles. The summed E-state index contributed by atoms with van der Waals surface area (Å²) < 4.78 is 14.4. The van der Waals surface area contributed by atoms with Crippen LogP contribution in [0.2, 0.25) is 0 Å². The maximum absolute atomic E-state index is 14.4. The first-order valence-electron chi connectivity index (χ1n) is 10.2. The molecule has 2 heterocycles. The molecule has 1 unspecified atom stereocenters. The largest absolute Gasteiger partial charge is 0.311 e. The van der Waals surface area contributed by atoms with Crippen molar-refractivity contribution in [3.05, 3.63) is 101 Å². The van der Waals surface area contributed by atoms with E-state index in [4.69, 9.17) is 0 Å². The lowest BCUT2D eigenvalue weighted by atomic mass is 10.0. The van der Waals surface area contributed by atoms with Crippen molar-refractivity contribution < 1.29 is 14.0 Å². The van der Waals surface area contributed by atoms with Crippen LogP contribution in [-0.2, 0) is 16.2 Å². The molecule has 0 aliphatic carbocycles. The van der Waals surface area contributed by atoms with E-state index in [1.807, 2.05) is 49.4 Å². The van der Waals surface area contributed by atoms with Crippen LogP contribution in [-0.4, -0.2) is 29.0 Å². The summed E-state index contributed by atoms with van der Waals surface area (Å²) >= 11 is 1.45. The molecule has 0 radical (unpaired) electrons. The fraction of sp³-hybridized carbons (Fsp3) is 0.200. The second-order valence-electron chi connectivity index (χ2n) is 7.83. The summed E-state index contributed by atoms with van der Waals surface area (Å²) in [6, 6.07) is 21.6. The van der Waals surface area contributed by atoms with E-state index in [-0.39, 0.29) is 11.5 Å². The van der Waals surface area contributed by atoms with Gasteiger partial charge >= 0.3 is 0 Å². The number of nitrogens with zero attached hydrogens (tertiary/aromatic N) is 2. The number of carbonyl (C=O) groups is 2. The first-order chi connectivity index (χ1) is 15.0. The van der Waals surface area contributed by atoms with Gasteiger partial charge in [-0.3, -0.25) is 9.59 Å². The maximum Gasteiger partial charge on any atom is 0.268 e. The second kappa shape index (κ2) is 7.54. The lowest BCUT2D eigenvalue weighted by molar-refractivity contribution is -0.123. The molecule has 0 bridgehead atoms. The molecule has 156 valence electrons. The molecule has 0 N–H and O–H groups in total. The van der Waals surface area contributed by atoms with Crippen molar-refractivity contribution in [2.45, 2.75) is 18.3 Å². The Balaban J connectivity index is 1.59. The molecule has 1 fully saturated rings. The minimum atomic E-state index is -1.17. The minimum Gasteiger partial charge on any atom is -0.311 e. The fourth-order valence-electron chi connectivity index (χ4n) is 4.50. The predicted molar refractivity (Wildman–Crippen MR) is 120 cm³/mol. The van der Waals surface area contributed by atoms with Crippen LogP contribution < -0.4 is 4.90 Å². The number of fused-ring (bicyclic) bond motifs is 2. The number of benzene rings is 3. The average Bonchev–Trinajstić information content (AvgIpc) is 3.31. The number of anilines is 1.